The summed E-state index contributed by atoms with van der Waals surface area (Å²) in [7, 11) is -2.36. The Morgan fingerprint density at radius 2 is 1.93 bits per heavy atom. The Labute approximate surface area is 175 Å². The van der Waals surface area contributed by atoms with E-state index >= 15 is 0 Å². The van der Waals surface area contributed by atoms with E-state index in [-0.39, 0.29) is 16.7 Å². The van der Waals surface area contributed by atoms with E-state index in [0.29, 0.717) is 35.8 Å². The standard InChI is InChI=1S/C20H22ClN3O4S/c1-23(29(27,28)18-9-7-16(21)8-10-18)17-5-2-4-15(14-17)20(26)22-11-13-24-12-3-6-19(24)25/h2,4-5,7-10,14H,3,6,11-13H2,1H3,(H,22,26). The number of carbonyl (C=O) groups is 2. The molecule has 1 saturated heterocycles. The van der Waals surface area contributed by atoms with Crippen LogP contribution in [0.2, 0.25) is 5.02 Å². The second kappa shape index (κ2) is 8.84. The number of amides is 2. The molecule has 9 heteroatoms. The maximum absolute atomic E-state index is 12.8. The number of likely N-dealkylation sites (tertiary alicyclic amines) is 1. The van der Waals surface area contributed by atoms with E-state index in [1.54, 1.807) is 23.1 Å². The second-order valence-electron chi connectivity index (χ2n) is 6.72. The van der Waals surface area contributed by atoms with Gasteiger partial charge in [0, 0.05) is 43.7 Å². The smallest absolute Gasteiger partial charge is 0.264 e. The van der Waals surface area contributed by atoms with Crippen molar-refractivity contribution < 1.29 is 18.0 Å². The van der Waals surface area contributed by atoms with Gasteiger partial charge >= 0.3 is 0 Å². The SMILES string of the molecule is CN(c1cccc(C(=O)NCCN2CCCC2=O)c1)S(=O)(=O)c1ccc(Cl)cc1. The minimum absolute atomic E-state index is 0.106. The van der Waals surface area contributed by atoms with Crippen molar-refractivity contribution in [3.63, 3.8) is 0 Å². The molecule has 29 heavy (non-hydrogen) atoms. The van der Waals surface area contributed by atoms with Gasteiger partial charge in [-0.3, -0.25) is 13.9 Å². The fourth-order valence-electron chi connectivity index (χ4n) is 3.09. The lowest BCUT2D eigenvalue weighted by atomic mass is 10.2. The Morgan fingerprint density at radius 3 is 2.59 bits per heavy atom. The van der Waals surface area contributed by atoms with Crippen LogP contribution in [-0.2, 0) is 14.8 Å². The monoisotopic (exact) mass is 435 g/mol. The van der Waals surface area contributed by atoms with Crippen molar-refractivity contribution in [1.82, 2.24) is 10.2 Å². The molecule has 0 unspecified atom stereocenters. The van der Waals surface area contributed by atoms with Crippen LogP contribution >= 0.6 is 11.6 Å². The molecule has 2 aromatic rings. The molecular weight excluding hydrogens is 414 g/mol. The Bertz CT molecular complexity index is 1010. The summed E-state index contributed by atoms with van der Waals surface area (Å²) in [6, 6.07) is 12.3. The Kier molecular flexibility index (Phi) is 6.44. The topological polar surface area (TPSA) is 86.8 Å². The lowest BCUT2D eigenvalue weighted by molar-refractivity contribution is -0.127. The minimum Gasteiger partial charge on any atom is -0.350 e. The quantitative estimate of drug-likeness (QED) is 0.724. The highest BCUT2D eigenvalue weighted by molar-refractivity contribution is 7.92. The van der Waals surface area contributed by atoms with Crippen LogP contribution in [0.3, 0.4) is 0 Å². The average Bonchev–Trinajstić information content (AvgIpc) is 3.12. The first-order valence-corrected chi connectivity index (χ1v) is 11.0. The van der Waals surface area contributed by atoms with Gasteiger partial charge in [0.2, 0.25) is 5.91 Å². The van der Waals surface area contributed by atoms with Gasteiger partial charge in [-0.2, -0.15) is 0 Å². The van der Waals surface area contributed by atoms with E-state index in [4.69, 9.17) is 11.6 Å². The molecule has 0 spiro atoms. The number of hydrogen-bond donors (Lipinski definition) is 1. The Hall–Kier alpha value is -2.58. The summed E-state index contributed by atoms with van der Waals surface area (Å²) in [4.78, 5) is 25.9. The lowest BCUT2D eigenvalue weighted by Crippen LogP contribution is -2.35. The molecule has 0 radical (unpaired) electrons. The van der Waals surface area contributed by atoms with Gasteiger partial charge < -0.3 is 10.2 Å². The van der Waals surface area contributed by atoms with E-state index in [2.05, 4.69) is 5.32 Å². The summed E-state index contributed by atoms with van der Waals surface area (Å²) < 4.78 is 26.8. The molecule has 1 aliphatic heterocycles. The summed E-state index contributed by atoms with van der Waals surface area (Å²) in [6.07, 6.45) is 1.41. The van der Waals surface area contributed by atoms with Crippen LogP contribution in [0, 0.1) is 0 Å². The highest BCUT2D eigenvalue weighted by atomic mass is 35.5. The molecule has 1 heterocycles. The normalized spacial score (nSPS) is 14.1. The van der Waals surface area contributed by atoms with E-state index in [0.717, 1.165) is 17.3 Å². The molecule has 2 aromatic carbocycles. The average molecular weight is 436 g/mol. The first-order valence-electron chi connectivity index (χ1n) is 9.19. The Balaban J connectivity index is 1.68. The fourth-order valence-corrected chi connectivity index (χ4v) is 4.41. The molecule has 2 amide bonds. The first kappa shape index (κ1) is 21.1. The number of carbonyl (C=O) groups excluding carboxylic acids is 2. The largest absolute Gasteiger partial charge is 0.350 e. The van der Waals surface area contributed by atoms with Gasteiger partial charge in [-0.25, -0.2) is 8.42 Å². The molecule has 1 fully saturated rings. The van der Waals surface area contributed by atoms with Crippen LogP contribution in [0.15, 0.2) is 53.4 Å². The molecule has 7 nitrogen and oxygen atoms in total. The van der Waals surface area contributed by atoms with Crippen molar-refractivity contribution >= 4 is 39.1 Å². The number of sulfonamides is 1. The van der Waals surface area contributed by atoms with Crippen LogP contribution in [0.4, 0.5) is 5.69 Å². The molecule has 1 aliphatic rings. The second-order valence-corrected chi connectivity index (χ2v) is 9.12. The molecule has 0 aliphatic carbocycles. The van der Waals surface area contributed by atoms with E-state index in [1.165, 1.54) is 37.4 Å². The van der Waals surface area contributed by atoms with Crippen molar-refractivity contribution in [2.75, 3.05) is 31.0 Å². The van der Waals surface area contributed by atoms with E-state index in [1.807, 2.05) is 0 Å². The summed E-state index contributed by atoms with van der Waals surface area (Å²) >= 11 is 5.83. The molecule has 0 saturated carbocycles. The molecule has 0 aromatic heterocycles. The molecule has 0 atom stereocenters. The van der Waals surface area contributed by atoms with Crippen molar-refractivity contribution in [3.8, 4) is 0 Å². The highest BCUT2D eigenvalue weighted by Crippen LogP contribution is 2.24. The van der Waals surface area contributed by atoms with E-state index < -0.39 is 10.0 Å². The molecule has 154 valence electrons. The predicted octanol–water partition coefficient (Wildman–Crippen LogP) is 2.52. The molecule has 0 bridgehead atoms. The lowest BCUT2D eigenvalue weighted by Gasteiger charge is -2.20. The van der Waals surface area contributed by atoms with Gasteiger partial charge in [-0.15, -0.1) is 0 Å². The van der Waals surface area contributed by atoms with Crippen LogP contribution in [0.25, 0.3) is 0 Å². The van der Waals surface area contributed by atoms with Gasteiger partial charge in [0.15, 0.2) is 0 Å². The summed E-state index contributed by atoms with van der Waals surface area (Å²) in [5.74, 6) is -0.217. The number of nitrogens with one attached hydrogen (secondary N) is 1. The maximum Gasteiger partial charge on any atom is 0.264 e. The fraction of sp³-hybridized carbons (Fsp3) is 0.300. The zero-order chi connectivity index (χ0) is 21.0. The van der Waals surface area contributed by atoms with Crippen molar-refractivity contribution in [2.45, 2.75) is 17.7 Å². The van der Waals surface area contributed by atoms with Gasteiger partial charge in [0.25, 0.3) is 15.9 Å². The zero-order valence-electron chi connectivity index (χ0n) is 16.0. The van der Waals surface area contributed by atoms with Crippen LogP contribution < -0.4 is 9.62 Å². The summed E-state index contributed by atoms with van der Waals surface area (Å²) in [6.45, 7) is 1.53. The van der Waals surface area contributed by atoms with Crippen molar-refractivity contribution in [2.24, 2.45) is 0 Å². The summed E-state index contributed by atoms with van der Waals surface area (Å²) in [5.41, 5.74) is 0.704. The van der Waals surface area contributed by atoms with Crippen molar-refractivity contribution in [3.05, 3.63) is 59.1 Å². The predicted molar refractivity (Wildman–Crippen MR) is 112 cm³/mol. The van der Waals surface area contributed by atoms with Crippen LogP contribution in [-0.4, -0.2) is 51.8 Å². The van der Waals surface area contributed by atoms with Crippen molar-refractivity contribution in [1.29, 1.82) is 0 Å². The van der Waals surface area contributed by atoms with Gasteiger partial charge in [0.1, 0.15) is 0 Å². The van der Waals surface area contributed by atoms with Gasteiger partial charge in [-0.05, 0) is 48.9 Å². The van der Waals surface area contributed by atoms with E-state index in [9.17, 15) is 18.0 Å². The third kappa shape index (κ3) is 4.89. The van der Waals surface area contributed by atoms with Gasteiger partial charge in [0.05, 0.1) is 10.6 Å². The number of anilines is 1. The number of rotatable bonds is 7. The third-order valence-corrected chi connectivity index (χ3v) is 6.83. The van der Waals surface area contributed by atoms with Gasteiger partial charge in [-0.1, -0.05) is 17.7 Å². The first-order chi connectivity index (χ1) is 13.8. The number of nitrogens with zero attached hydrogens (tertiary/aromatic N) is 2. The van der Waals surface area contributed by atoms with Crippen LogP contribution in [0.1, 0.15) is 23.2 Å². The molecular formula is C20H22ClN3O4S. The minimum atomic E-state index is -3.79. The number of benzene rings is 2. The summed E-state index contributed by atoms with van der Waals surface area (Å²) in [5, 5.41) is 3.22. The maximum atomic E-state index is 12.8. The molecule has 1 N–H and O–H groups in total. The zero-order valence-corrected chi connectivity index (χ0v) is 17.5. The molecule has 3 rings (SSSR count). The number of halogens is 1. The van der Waals surface area contributed by atoms with Crippen LogP contribution in [0.5, 0.6) is 0 Å². The third-order valence-electron chi connectivity index (χ3n) is 4.78. The number of hydrogen-bond acceptors (Lipinski definition) is 4. The Morgan fingerprint density at radius 1 is 1.21 bits per heavy atom. The highest BCUT2D eigenvalue weighted by Gasteiger charge is 2.22.